The largest absolute Gasteiger partial charge is 0.316 e. The summed E-state index contributed by atoms with van der Waals surface area (Å²) in [4.78, 5) is 10.1. The molecule has 0 N–H and O–H groups in total. The highest BCUT2D eigenvalue weighted by Crippen LogP contribution is 2.30. The molecule has 0 saturated heterocycles. The number of nitro groups is 1. The minimum absolute atomic E-state index is 0.0226. The Morgan fingerprint density at radius 2 is 1.63 bits per heavy atom. The lowest BCUT2D eigenvalue weighted by Gasteiger charge is -2.03. The molecule has 6 nitrogen and oxygen atoms in total. The normalized spacial score (nSPS) is 9.89. The van der Waals surface area contributed by atoms with Crippen LogP contribution < -0.4 is 0 Å². The lowest BCUT2D eigenvalue weighted by molar-refractivity contribution is -0.384. The number of nitro benzene ring substituents is 1. The zero-order valence-electron chi connectivity index (χ0n) is 9.55. The van der Waals surface area contributed by atoms with Gasteiger partial charge in [0.25, 0.3) is 5.69 Å². The van der Waals surface area contributed by atoms with Crippen molar-refractivity contribution < 1.29 is 13.3 Å². The molecular weight excluding hydrogens is 268 g/mol. The van der Waals surface area contributed by atoms with Crippen LogP contribution in [0.2, 0.25) is 0 Å². The van der Waals surface area contributed by atoms with Crippen LogP contribution in [0.1, 0.15) is 0 Å². The van der Waals surface area contributed by atoms with Crippen molar-refractivity contribution in [2.75, 3.05) is 0 Å². The van der Waals surface area contributed by atoms with Crippen LogP contribution in [0.3, 0.4) is 0 Å². The van der Waals surface area contributed by atoms with Crippen molar-refractivity contribution in [3.8, 4) is 11.1 Å². The first-order valence-corrected chi connectivity index (χ1v) is 6.26. The fraction of sp³-hybridized carbons (Fsp3) is 0. The van der Waals surface area contributed by atoms with Crippen LogP contribution in [-0.2, 0) is 10.5 Å². The third kappa shape index (κ3) is 3.02. The van der Waals surface area contributed by atoms with E-state index in [2.05, 4.69) is 4.36 Å². The van der Waals surface area contributed by atoms with E-state index in [1.54, 1.807) is 36.4 Å². The minimum atomic E-state index is -2.55. The van der Waals surface area contributed by atoms with Crippen LogP contribution in [0.15, 0.2) is 52.9 Å². The van der Waals surface area contributed by atoms with Gasteiger partial charge in [0.15, 0.2) is 0 Å². The predicted octanol–water partition coefficient (Wildman–Crippen LogP) is 2.96. The van der Waals surface area contributed by atoms with Gasteiger partial charge in [0.1, 0.15) is 0 Å². The summed E-state index contributed by atoms with van der Waals surface area (Å²) in [5.74, 6) is 0. The monoisotopic (exact) mass is 276 g/mol. The van der Waals surface area contributed by atoms with Crippen molar-refractivity contribution in [1.82, 2.24) is 0 Å². The van der Waals surface area contributed by atoms with E-state index >= 15 is 0 Å². The Kier molecular flexibility index (Phi) is 3.67. The molecule has 0 aliphatic rings. The molecule has 0 fully saturated rings. The van der Waals surface area contributed by atoms with Gasteiger partial charge in [-0.15, -0.1) is 4.36 Å². The first kappa shape index (κ1) is 12.9. The Bertz CT molecular complexity index is 744. The summed E-state index contributed by atoms with van der Waals surface area (Å²) in [5, 5.41) is 10.6. The number of hydrogen-bond donors (Lipinski definition) is 0. The van der Waals surface area contributed by atoms with Crippen molar-refractivity contribution in [3.63, 3.8) is 0 Å². The van der Waals surface area contributed by atoms with Gasteiger partial charge in [0.2, 0.25) is 0 Å². The highest BCUT2D eigenvalue weighted by atomic mass is 32.2. The number of rotatable bonds is 3. The highest BCUT2D eigenvalue weighted by molar-refractivity contribution is 7.61. The summed E-state index contributed by atoms with van der Waals surface area (Å²) in [7, 11) is -2.55. The summed E-state index contributed by atoms with van der Waals surface area (Å²) in [6, 6.07) is 12.5. The summed E-state index contributed by atoms with van der Waals surface area (Å²) < 4.78 is 24.8. The van der Waals surface area contributed by atoms with E-state index in [1.807, 2.05) is 0 Å². The maximum absolute atomic E-state index is 10.6. The van der Waals surface area contributed by atoms with Gasteiger partial charge in [-0.1, -0.05) is 18.2 Å². The Hall–Kier alpha value is -2.54. The third-order valence-electron chi connectivity index (χ3n) is 2.47. The number of benzene rings is 2. The van der Waals surface area contributed by atoms with E-state index < -0.39 is 15.4 Å². The van der Waals surface area contributed by atoms with Crippen LogP contribution in [0.25, 0.3) is 11.1 Å². The molecule has 7 heteroatoms. The van der Waals surface area contributed by atoms with Gasteiger partial charge in [0, 0.05) is 17.7 Å². The smallest absolute Gasteiger partial charge is 0.258 e. The van der Waals surface area contributed by atoms with Crippen LogP contribution in [0.5, 0.6) is 0 Å². The number of non-ortho nitro benzene ring substituents is 1. The summed E-state index contributed by atoms with van der Waals surface area (Å²) >= 11 is 0. The average molecular weight is 276 g/mol. The molecule has 0 radical (unpaired) electrons. The molecule has 2 aromatic carbocycles. The van der Waals surface area contributed by atoms with E-state index in [0.717, 1.165) is 0 Å². The standard InChI is InChI=1S/C12H8N2O4S/c15-14(16)10-7-5-9(6-8-10)11-3-1-2-4-12(11)13-19(17)18/h1-8H. The van der Waals surface area contributed by atoms with E-state index in [1.165, 1.54) is 12.1 Å². The molecular formula is C12H8N2O4S. The van der Waals surface area contributed by atoms with Crippen LogP contribution >= 0.6 is 0 Å². The van der Waals surface area contributed by atoms with Crippen molar-refractivity contribution in [2.24, 2.45) is 4.36 Å². The Morgan fingerprint density at radius 3 is 2.21 bits per heavy atom. The Labute approximate surface area is 110 Å². The fourth-order valence-corrected chi connectivity index (χ4v) is 1.96. The molecule has 0 spiro atoms. The molecule has 0 unspecified atom stereocenters. The second-order valence-electron chi connectivity index (χ2n) is 3.63. The van der Waals surface area contributed by atoms with Crippen molar-refractivity contribution in [2.45, 2.75) is 0 Å². The molecule has 96 valence electrons. The Morgan fingerprint density at radius 1 is 1.00 bits per heavy atom. The molecule has 0 aromatic heterocycles. The first-order valence-electron chi connectivity index (χ1n) is 5.23. The van der Waals surface area contributed by atoms with Crippen molar-refractivity contribution in [1.29, 1.82) is 0 Å². The van der Waals surface area contributed by atoms with Crippen LogP contribution in [0, 0.1) is 10.1 Å². The minimum Gasteiger partial charge on any atom is -0.258 e. The molecule has 0 amide bonds. The lowest BCUT2D eigenvalue weighted by Crippen LogP contribution is -1.87. The molecule has 19 heavy (non-hydrogen) atoms. The molecule has 0 bridgehead atoms. The summed E-state index contributed by atoms with van der Waals surface area (Å²) in [6.07, 6.45) is 0. The van der Waals surface area contributed by atoms with Crippen molar-refractivity contribution in [3.05, 3.63) is 58.6 Å². The third-order valence-corrected chi connectivity index (χ3v) is 2.81. The second kappa shape index (κ2) is 5.40. The Balaban J connectivity index is 2.53. The maximum atomic E-state index is 10.6. The van der Waals surface area contributed by atoms with Gasteiger partial charge in [-0.3, -0.25) is 10.1 Å². The second-order valence-corrected chi connectivity index (χ2v) is 4.25. The van der Waals surface area contributed by atoms with Crippen LogP contribution in [0.4, 0.5) is 11.4 Å². The van der Waals surface area contributed by atoms with E-state index in [4.69, 9.17) is 0 Å². The van der Waals surface area contributed by atoms with Crippen LogP contribution in [-0.4, -0.2) is 13.3 Å². The van der Waals surface area contributed by atoms with Gasteiger partial charge in [-0.05, 0) is 23.8 Å². The highest BCUT2D eigenvalue weighted by Gasteiger charge is 2.08. The summed E-state index contributed by atoms with van der Waals surface area (Å²) in [5.41, 5.74) is 1.53. The van der Waals surface area contributed by atoms with E-state index in [0.29, 0.717) is 16.8 Å². The average Bonchev–Trinajstić information content (AvgIpc) is 2.39. The van der Waals surface area contributed by atoms with Gasteiger partial charge in [0.05, 0.1) is 10.6 Å². The predicted molar refractivity (Wildman–Crippen MR) is 69.5 cm³/mol. The molecule has 0 heterocycles. The molecule has 0 aliphatic heterocycles. The fourth-order valence-electron chi connectivity index (χ4n) is 1.64. The lowest BCUT2D eigenvalue weighted by atomic mass is 10.0. The zero-order chi connectivity index (χ0) is 13.8. The van der Waals surface area contributed by atoms with Gasteiger partial charge < -0.3 is 0 Å². The molecule has 0 saturated carbocycles. The number of hydrogen-bond acceptors (Lipinski definition) is 5. The maximum Gasteiger partial charge on any atom is 0.316 e. The van der Waals surface area contributed by atoms with E-state index in [9.17, 15) is 18.5 Å². The van der Waals surface area contributed by atoms with Gasteiger partial charge >= 0.3 is 10.5 Å². The zero-order valence-corrected chi connectivity index (χ0v) is 10.4. The summed E-state index contributed by atoms with van der Waals surface area (Å²) in [6.45, 7) is 0. The number of nitrogens with zero attached hydrogens (tertiary/aromatic N) is 2. The SMILES string of the molecule is O=[N+]([O-])c1ccc(-c2ccccc2N=S(=O)=O)cc1. The van der Waals surface area contributed by atoms with Crippen molar-refractivity contribution >= 4 is 21.9 Å². The first-order chi connectivity index (χ1) is 9.08. The molecule has 2 rings (SSSR count). The van der Waals surface area contributed by atoms with E-state index in [-0.39, 0.29) is 5.69 Å². The molecule has 0 aliphatic carbocycles. The van der Waals surface area contributed by atoms with Gasteiger partial charge in [-0.25, -0.2) is 0 Å². The quantitative estimate of drug-likeness (QED) is 0.636. The van der Waals surface area contributed by atoms with Gasteiger partial charge in [-0.2, -0.15) is 8.42 Å². The molecule has 0 atom stereocenters. The topological polar surface area (TPSA) is 89.6 Å². The molecule has 2 aromatic rings.